The third-order valence-corrected chi connectivity index (χ3v) is 22.4. The number of aromatic nitrogens is 5. The smallest absolute Gasteiger partial charge is 0.0491 e. The fourth-order valence-electron chi connectivity index (χ4n) is 14.5. The van der Waals surface area contributed by atoms with E-state index < -0.39 is 0 Å². The number of nitrogens with zero attached hydrogens (tertiary/aromatic N) is 5. The van der Waals surface area contributed by atoms with E-state index in [2.05, 4.69) is 404 Å². The summed E-state index contributed by atoms with van der Waals surface area (Å²) in [6.45, 7) is 48.0. The van der Waals surface area contributed by atoms with Gasteiger partial charge in [0.05, 0.1) is 0 Å². The van der Waals surface area contributed by atoms with Crippen molar-refractivity contribution in [1.82, 2.24) is 22.8 Å². The van der Waals surface area contributed by atoms with Crippen LogP contribution < -0.4 is 0 Å². The molecule has 15 aromatic rings. The van der Waals surface area contributed by atoms with Gasteiger partial charge in [0, 0.05) is 144 Å². The molecule has 5 aromatic heterocycles. The molecular formula is C95H115N5. The lowest BCUT2D eigenvalue weighted by atomic mass is 9.81. The Morgan fingerprint density at radius 2 is 0.370 bits per heavy atom. The second kappa shape index (κ2) is 26.6. The average molecular weight is 1330 g/mol. The van der Waals surface area contributed by atoms with Crippen LogP contribution in [-0.4, -0.2) is 22.8 Å². The van der Waals surface area contributed by atoms with Crippen LogP contribution in [0.4, 0.5) is 0 Å². The maximum atomic E-state index is 2.39. The number of hydrogen-bond donors (Lipinski definition) is 0. The lowest BCUT2D eigenvalue weighted by Gasteiger charge is -2.23. The Kier molecular flexibility index (Phi) is 19.3. The molecule has 5 heterocycles. The molecule has 5 nitrogen and oxygen atoms in total. The quantitative estimate of drug-likeness (QED) is 0.168. The average Bonchev–Trinajstić information content (AvgIpc) is 1.63. The van der Waals surface area contributed by atoms with Gasteiger partial charge in [0.25, 0.3) is 0 Å². The summed E-state index contributed by atoms with van der Waals surface area (Å²) in [5, 5.41) is 13.6. The summed E-state index contributed by atoms with van der Waals surface area (Å²) in [6.07, 6.45) is 2.30. The third kappa shape index (κ3) is 13.9. The lowest BCUT2D eigenvalue weighted by Crippen LogP contribution is -2.15. The van der Waals surface area contributed by atoms with Crippen LogP contribution in [0.5, 0.6) is 0 Å². The van der Waals surface area contributed by atoms with Crippen molar-refractivity contribution < 1.29 is 0 Å². The Morgan fingerprint density at radius 3 is 0.630 bits per heavy atom. The SMILES string of the molecule is CCC(C)(C)c1ccc2c3ccc(C(C)(C)CC)cc3n(C)c2c1.Cn1c2cc(C(C)(C)C)ccc2c2ccc(C(C)(C)C)cc21.Cn1c2ccc(C(C)(C)C)cc2c2cc(C(C)(C)C)ccc21.Cn1c2ccccc2c2cc(C(C)(C)C)ccc21.Cn1c2ccccc2c2ccccc21. The van der Waals surface area contributed by atoms with Crippen molar-refractivity contribution in [2.45, 2.75) is 196 Å². The van der Waals surface area contributed by atoms with Crippen LogP contribution in [0.3, 0.4) is 0 Å². The first-order valence-electron chi connectivity index (χ1n) is 36.7. The lowest BCUT2D eigenvalue weighted by molar-refractivity contribution is 0.506. The largest absolute Gasteiger partial charge is 0.344 e. The van der Waals surface area contributed by atoms with Crippen molar-refractivity contribution >= 4 is 109 Å². The van der Waals surface area contributed by atoms with Gasteiger partial charge < -0.3 is 22.8 Å². The molecule has 0 N–H and O–H groups in total. The number of benzene rings is 10. The van der Waals surface area contributed by atoms with Crippen molar-refractivity contribution in [2.24, 2.45) is 35.2 Å². The van der Waals surface area contributed by atoms with Gasteiger partial charge >= 0.3 is 0 Å². The highest BCUT2D eigenvalue weighted by Crippen LogP contribution is 2.41. The van der Waals surface area contributed by atoms with Gasteiger partial charge in [-0.15, -0.1) is 0 Å². The molecule has 0 fully saturated rings. The Labute approximate surface area is 598 Å². The van der Waals surface area contributed by atoms with E-state index in [4.69, 9.17) is 0 Å². The van der Waals surface area contributed by atoms with Gasteiger partial charge in [0.2, 0.25) is 0 Å². The van der Waals surface area contributed by atoms with Crippen molar-refractivity contribution in [2.75, 3.05) is 0 Å². The van der Waals surface area contributed by atoms with Crippen LogP contribution >= 0.6 is 0 Å². The van der Waals surface area contributed by atoms with Crippen LogP contribution in [0, 0.1) is 0 Å². The van der Waals surface area contributed by atoms with Gasteiger partial charge in [-0.1, -0.05) is 267 Å². The van der Waals surface area contributed by atoms with E-state index in [1.807, 2.05) is 0 Å². The molecule has 0 amide bonds. The second-order valence-corrected chi connectivity index (χ2v) is 35.2. The second-order valence-electron chi connectivity index (χ2n) is 35.2. The van der Waals surface area contributed by atoms with Gasteiger partial charge in [0.15, 0.2) is 0 Å². The highest BCUT2D eigenvalue weighted by atomic mass is 15.0. The predicted octanol–water partition coefficient (Wildman–Crippen LogP) is 26.5. The van der Waals surface area contributed by atoms with Gasteiger partial charge in [0.1, 0.15) is 0 Å². The predicted molar refractivity (Wildman–Crippen MR) is 442 cm³/mol. The molecule has 0 saturated heterocycles. The topological polar surface area (TPSA) is 24.6 Å². The van der Waals surface area contributed by atoms with Crippen LogP contribution in [0.2, 0.25) is 0 Å². The van der Waals surface area contributed by atoms with Gasteiger partial charge in [-0.2, -0.15) is 0 Å². The van der Waals surface area contributed by atoms with Crippen molar-refractivity contribution in [3.05, 3.63) is 239 Å². The molecule has 0 aliphatic carbocycles. The molecule has 0 saturated carbocycles. The zero-order valence-electron chi connectivity index (χ0n) is 65.7. The molecule has 0 aliphatic rings. The van der Waals surface area contributed by atoms with Gasteiger partial charge in [-0.05, 0) is 169 Å². The zero-order chi connectivity index (χ0) is 72.7. The van der Waals surface area contributed by atoms with E-state index in [-0.39, 0.29) is 37.9 Å². The van der Waals surface area contributed by atoms with Gasteiger partial charge in [-0.3, -0.25) is 0 Å². The van der Waals surface area contributed by atoms with Crippen molar-refractivity contribution in [3.63, 3.8) is 0 Å². The Morgan fingerprint density at radius 1 is 0.190 bits per heavy atom. The number of aryl methyl sites for hydroxylation is 5. The molecular weight excluding hydrogens is 1210 g/mol. The zero-order valence-corrected chi connectivity index (χ0v) is 65.7. The Hall–Kier alpha value is -8.80. The van der Waals surface area contributed by atoms with Crippen molar-refractivity contribution in [3.8, 4) is 0 Å². The molecule has 520 valence electrons. The molecule has 100 heavy (non-hydrogen) atoms. The standard InChI is InChI=1S/C23H31N.2C21H27N.C17H19N.C13H11N/c1-8-22(3,4)16-10-12-18-19-13-11-17(23(5,6)9-2)15-21(19)24(7)20(18)14-16;1-20(2,3)14-8-10-18-16(12-14)17-13-15(21(4,5)6)9-11-19(17)22(18)7;1-20(2,3)14-8-10-16-17-11-9-15(21(4,5)6)13-19(17)22(7)18(16)12-14;1-17(2,3)12-9-10-16-14(11-12)13-7-5-6-8-15(13)18(16)4;1-14-12-8-4-2-6-10(12)11-7-3-5-9-13(11)14/h10-15H,8-9H2,1-7H3;2*8-13H,1-7H3;5-11H,1-4H3;2-9H,1H3. The summed E-state index contributed by atoms with van der Waals surface area (Å²) >= 11 is 0. The number of rotatable bonds is 4. The maximum Gasteiger partial charge on any atom is 0.0491 e. The summed E-state index contributed by atoms with van der Waals surface area (Å²) in [5.41, 5.74) is 24.4. The molecule has 5 heteroatoms. The summed E-state index contributed by atoms with van der Waals surface area (Å²) in [7, 11) is 10.8. The molecule has 0 radical (unpaired) electrons. The minimum atomic E-state index is 0.179. The Balaban J connectivity index is 0.000000127. The summed E-state index contributed by atoms with van der Waals surface area (Å²) in [6, 6.07) is 74.2. The van der Waals surface area contributed by atoms with E-state index >= 15 is 0 Å². The number of para-hydroxylation sites is 3. The van der Waals surface area contributed by atoms with E-state index in [1.165, 1.54) is 148 Å². The molecule has 0 spiro atoms. The first-order valence-corrected chi connectivity index (χ1v) is 36.7. The number of hydrogen-bond acceptors (Lipinski definition) is 0. The fourth-order valence-corrected chi connectivity index (χ4v) is 14.5. The van der Waals surface area contributed by atoms with E-state index in [0.717, 1.165) is 12.8 Å². The van der Waals surface area contributed by atoms with Crippen LogP contribution in [0.15, 0.2) is 200 Å². The minimum absolute atomic E-state index is 0.179. The molecule has 0 unspecified atom stereocenters. The minimum Gasteiger partial charge on any atom is -0.344 e. The molecule has 0 atom stereocenters. The summed E-state index contributed by atoms with van der Waals surface area (Å²) in [5.74, 6) is 0. The van der Waals surface area contributed by atoms with Crippen LogP contribution in [-0.2, 0) is 73.1 Å². The third-order valence-electron chi connectivity index (χ3n) is 22.4. The molecule has 10 aromatic carbocycles. The Bertz CT molecular complexity index is 5250. The van der Waals surface area contributed by atoms with E-state index in [0.29, 0.717) is 0 Å². The van der Waals surface area contributed by atoms with E-state index in [9.17, 15) is 0 Å². The van der Waals surface area contributed by atoms with Gasteiger partial charge in [-0.25, -0.2) is 0 Å². The molecule has 15 rings (SSSR count). The highest BCUT2D eigenvalue weighted by molar-refractivity contribution is 6.12. The summed E-state index contributed by atoms with van der Waals surface area (Å²) < 4.78 is 11.5. The molecule has 0 bridgehead atoms. The van der Waals surface area contributed by atoms with E-state index in [1.54, 1.807) is 0 Å². The summed E-state index contributed by atoms with van der Waals surface area (Å²) in [4.78, 5) is 0. The van der Waals surface area contributed by atoms with Crippen LogP contribution in [0.25, 0.3) is 109 Å². The first kappa shape index (κ1) is 72.5. The molecule has 0 aliphatic heterocycles. The highest BCUT2D eigenvalue weighted by Gasteiger charge is 2.25. The maximum absolute atomic E-state index is 2.39. The fraction of sp³-hybridized carbons (Fsp3) is 0.368. The van der Waals surface area contributed by atoms with Crippen LogP contribution in [0.1, 0.15) is 197 Å². The monoisotopic (exact) mass is 1330 g/mol. The number of fused-ring (bicyclic) bond motifs is 15. The normalized spacial score (nSPS) is 12.8. The first-order chi connectivity index (χ1) is 46.7. The van der Waals surface area contributed by atoms with Crippen molar-refractivity contribution in [1.29, 1.82) is 0 Å².